The maximum absolute atomic E-state index is 12.0. The topological polar surface area (TPSA) is 67.2 Å². The van der Waals surface area contributed by atoms with Crippen LogP contribution in [0, 0.1) is 5.92 Å². The van der Waals surface area contributed by atoms with E-state index in [9.17, 15) is 9.90 Å². The van der Waals surface area contributed by atoms with Gasteiger partial charge in [0.1, 0.15) is 0 Å². The van der Waals surface area contributed by atoms with Crippen molar-refractivity contribution in [1.29, 1.82) is 0 Å². The molecule has 2 rings (SSSR count). The zero-order valence-corrected chi connectivity index (χ0v) is 12.4. The number of aliphatic hydroxyl groups is 1. The van der Waals surface area contributed by atoms with Crippen molar-refractivity contribution in [2.75, 3.05) is 6.54 Å². The number of aliphatic hydroxyl groups excluding tert-OH is 1. The molecule has 21 heavy (non-hydrogen) atoms. The average molecular weight is 287 g/mol. The molecule has 0 bridgehead atoms. The van der Waals surface area contributed by atoms with Crippen molar-refractivity contribution in [3.8, 4) is 5.69 Å². The maximum Gasteiger partial charge on any atom is 0.271 e. The number of amides is 1. The van der Waals surface area contributed by atoms with Crippen molar-refractivity contribution in [2.24, 2.45) is 5.92 Å². The van der Waals surface area contributed by atoms with Gasteiger partial charge in [0, 0.05) is 12.7 Å². The van der Waals surface area contributed by atoms with E-state index in [1.165, 1.54) is 0 Å². The van der Waals surface area contributed by atoms with Crippen LogP contribution in [0.15, 0.2) is 42.6 Å². The van der Waals surface area contributed by atoms with Crippen molar-refractivity contribution < 1.29 is 9.90 Å². The number of nitrogens with zero attached hydrogens (tertiary/aromatic N) is 2. The molecular weight excluding hydrogens is 266 g/mol. The molecule has 0 radical (unpaired) electrons. The standard InChI is InChI=1S/C16H21N3O2/c1-12(2)10-14(20)11-17-16(21)15-8-9-19(18-15)13-6-4-3-5-7-13/h3-9,12,14,20H,10-11H2,1-2H3,(H,17,21). The second-order valence-corrected chi connectivity index (χ2v) is 5.47. The minimum absolute atomic E-state index is 0.245. The first-order valence-corrected chi connectivity index (χ1v) is 7.13. The second-order valence-electron chi connectivity index (χ2n) is 5.47. The third kappa shape index (κ3) is 4.43. The lowest BCUT2D eigenvalue weighted by molar-refractivity contribution is 0.0895. The molecule has 1 aromatic heterocycles. The van der Waals surface area contributed by atoms with Crippen LogP contribution in [0.2, 0.25) is 0 Å². The fourth-order valence-corrected chi connectivity index (χ4v) is 2.10. The number of para-hydroxylation sites is 1. The minimum Gasteiger partial charge on any atom is -0.391 e. The van der Waals surface area contributed by atoms with Crippen LogP contribution in [0.1, 0.15) is 30.8 Å². The summed E-state index contributed by atoms with van der Waals surface area (Å²) in [5, 5.41) is 16.7. The number of carbonyl (C=O) groups is 1. The zero-order chi connectivity index (χ0) is 15.2. The molecule has 2 N–H and O–H groups in total. The van der Waals surface area contributed by atoms with Gasteiger partial charge in [-0.05, 0) is 30.5 Å². The molecule has 1 aromatic carbocycles. The van der Waals surface area contributed by atoms with Crippen LogP contribution >= 0.6 is 0 Å². The van der Waals surface area contributed by atoms with E-state index >= 15 is 0 Å². The van der Waals surface area contributed by atoms with Crippen molar-refractivity contribution in [3.63, 3.8) is 0 Å². The van der Waals surface area contributed by atoms with Gasteiger partial charge in [-0.3, -0.25) is 4.79 Å². The van der Waals surface area contributed by atoms with E-state index in [0.717, 1.165) is 5.69 Å². The highest BCUT2D eigenvalue weighted by atomic mass is 16.3. The van der Waals surface area contributed by atoms with Crippen molar-refractivity contribution in [3.05, 3.63) is 48.3 Å². The quantitative estimate of drug-likeness (QED) is 0.854. The SMILES string of the molecule is CC(C)CC(O)CNC(=O)c1ccn(-c2ccccc2)n1. The van der Waals surface area contributed by atoms with Gasteiger partial charge in [-0.2, -0.15) is 5.10 Å². The van der Waals surface area contributed by atoms with Crippen molar-refractivity contribution >= 4 is 5.91 Å². The van der Waals surface area contributed by atoms with E-state index in [-0.39, 0.29) is 12.5 Å². The number of aromatic nitrogens is 2. The normalized spacial score (nSPS) is 12.4. The molecule has 0 fully saturated rings. The van der Waals surface area contributed by atoms with Crippen molar-refractivity contribution in [1.82, 2.24) is 15.1 Å². The second kappa shape index (κ2) is 7.04. The van der Waals surface area contributed by atoms with Gasteiger partial charge in [-0.25, -0.2) is 4.68 Å². The van der Waals surface area contributed by atoms with Gasteiger partial charge in [0.25, 0.3) is 5.91 Å². The van der Waals surface area contributed by atoms with Crippen LogP contribution in [0.25, 0.3) is 5.69 Å². The van der Waals surface area contributed by atoms with Gasteiger partial charge in [0.2, 0.25) is 0 Å². The molecule has 1 amide bonds. The third-order valence-electron chi connectivity index (χ3n) is 3.08. The van der Waals surface area contributed by atoms with Crippen LogP contribution in [0.3, 0.4) is 0 Å². The fraction of sp³-hybridized carbons (Fsp3) is 0.375. The number of hydrogen-bond donors (Lipinski definition) is 2. The summed E-state index contributed by atoms with van der Waals surface area (Å²) in [7, 11) is 0. The highest BCUT2D eigenvalue weighted by Crippen LogP contribution is 2.07. The van der Waals surface area contributed by atoms with Crippen molar-refractivity contribution in [2.45, 2.75) is 26.4 Å². The van der Waals surface area contributed by atoms with Gasteiger partial charge in [0.15, 0.2) is 5.69 Å². The Hall–Kier alpha value is -2.14. The summed E-state index contributed by atoms with van der Waals surface area (Å²) < 4.78 is 1.65. The van der Waals surface area contributed by atoms with E-state index in [1.54, 1.807) is 16.9 Å². The number of benzene rings is 1. The lowest BCUT2D eigenvalue weighted by Gasteiger charge is -2.13. The van der Waals surface area contributed by atoms with Gasteiger partial charge >= 0.3 is 0 Å². The van der Waals surface area contributed by atoms with Crippen LogP contribution < -0.4 is 5.32 Å². The Labute approximate surface area is 124 Å². The maximum atomic E-state index is 12.0. The Balaban J connectivity index is 1.93. The summed E-state index contributed by atoms with van der Waals surface area (Å²) in [6.07, 6.45) is 1.89. The van der Waals surface area contributed by atoms with E-state index < -0.39 is 6.10 Å². The molecule has 2 aromatic rings. The summed E-state index contributed by atoms with van der Waals surface area (Å²) >= 11 is 0. The highest BCUT2D eigenvalue weighted by molar-refractivity contribution is 5.92. The van der Waals surface area contributed by atoms with E-state index in [4.69, 9.17) is 0 Å². The number of rotatable bonds is 6. The lowest BCUT2D eigenvalue weighted by atomic mass is 10.1. The molecule has 0 aliphatic heterocycles. The van der Waals surface area contributed by atoms with Crippen LogP contribution in [-0.2, 0) is 0 Å². The molecule has 0 aliphatic rings. The molecular formula is C16H21N3O2. The Morgan fingerprint density at radius 3 is 2.67 bits per heavy atom. The van der Waals surface area contributed by atoms with E-state index in [2.05, 4.69) is 10.4 Å². The monoisotopic (exact) mass is 287 g/mol. The number of hydrogen-bond acceptors (Lipinski definition) is 3. The molecule has 1 heterocycles. The predicted molar refractivity (Wildman–Crippen MR) is 81.4 cm³/mol. The molecule has 1 atom stereocenters. The molecule has 0 saturated heterocycles. The van der Waals surface area contributed by atoms with Gasteiger partial charge in [-0.1, -0.05) is 32.0 Å². The molecule has 0 saturated carbocycles. The van der Waals surface area contributed by atoms with Crippen LogP contribution in [0.4, 0.5) is 0 Å². The summed E-state index contributed by atoms with van der Waals surface area (Å²) in [5.41, 5.74) is 1.24. The Bertz CT molecular complexity index is 578. The molecule has 112 valence electrons. The smallest absolute Gasteiger partial charge is 0.271 e. The summed E-state index contributed by atoms with van der Waals surface area (Å²) in [5.74, 6) is 0.127. The molecule has 5 nitrogen and oxygen atoms in total. The lowest BCUT2D eigenvalue weighted by Crippen LogP contribution is -2.33. The molecule has 5 heteroatoms. The summed E-state index contributed by atoms with van der Waals surface area (Å²) in [6.45, 7) is 4.31. The van der Waals surface area contributed by atoms with E-state index in [1.807, 2.05) is 44.2 Å². The Morgan fingerprint density at radius 1 is 1.29 bits per heavy atom. The Kier molecular flexibility index (Phi) is 5.11. The van der Waals surface area contributed by atoms with Gasteiger partial charge in [-0.15, -0.1) is 0 Å². The fourth-order valence-electron chi connectivity index (χ4n) is 2.10. The Morgan fingerprint density at radius 2 is 2.00 bits per heavy atom. The number of carbonyl (C=O) groups excluding carboxylic acids is 1. The average Bonchev–Trinajstić information content (AvgIpc) is 2.95. The predicted octanol–water partition coefficient (Wildman–Crippen LogP) is 2.01. The number of nitrogens with one attached hydrogen (secondary N) is 1. The first-order chi connectivity index (χ1) is 10.1. The summed E-state index contributed by atoms with van der Waals surface area (Å²) in [4.78, 5) is 12.0. The molecule has 1 unspecified atom stereocenters. The van der Waals surface area contributed by atoms with Gasteiger partial charge in [0.05, 0.1) is 11.8 Å². The minimum atomic E-state index is -0.523. The first-order valence-electron chi connectivity index (χ1n) is 7.13. The largest absolute Gasteiger partial charge is 0.391 e. The highest BCUT2D eigenvalue weighted by Gasteiger charge is 2.13. The van der Waals surface area contributed by atoms with Crippen LogP contribution in [-0.4, -0.2) is 33.4 Å². The summed E-state index contributed by atoms with van der Waals surface area (Å²) in [6, 6.07) is 11.3. The molecule has 0 spiro atoms. The van der Waals surface area contributed by atoms with Gasteiger partial charge < -0.3 is 10.4 Å². The first kappa shape index (κ1) is 15.3. The van der Waals surface area contributed by atoms with E-state index in [0.29, 0.717) is 18.0 Å². The van der Waals surface area contributed by atoms with Crippen LogP contribution in [0.5, 0.6) is 0 Å². The third-order valence-corrected chi connectivity index (χ3v) is 3.08. The molecule has 0 aliphatic carbocycles. The zero-order valence-electron chi connectivity index (χ0n) is 12.4.